The van der Waals surface area contributed by atoms with Crippen LogP contribution < -0.4 is 9.64 Å². The summed E-state index contributed by atoms with van der Waals surface area (Å²) < 4.78 is 5.52. The molecule has 10 heteroatoms. The van der Waals surface area contributed by atoms with Crippen molar-refractivity contribution in [1.82, 2.24) is 19.8 Å². The number of anilines is 1. The summed E-state index contributed by atoms with van der Waals surface area (Å²) in [5.74, 6) is 0.151. The lowest BCUT2D eigenvalue weighted by atomic mass is 9.98. The number of carbonyl (C=O) groups excluding carboxylic acids is 2. The standard InChI is InChI=1S/C40H45N5O5/c1-50-36-18-9-8-16-31(36)24-37(46)45-22-11-10-17-32-26-44(27-35(32)45)40-41-25-33(34(42-40)20-19-29-12-4-2-5-13-29)39(49)43(28-38(47)48)23-21-30-14-6-3-7-15-30/h2-9,12-16,18,25,32,35H,10-11,17,19-24,26-28H2,1H3,(H,47,48)/t32-,35-/m1/s1. The summed E-state index contributed by atoms with van der Waals surface area (Å²) in [6.07, 6.45) is 6.57. The lowest BCUT2D eigenvalue weighted by molar-refractivity contribution is -0.137. The van der Waals surface area contributed by atoms with Crippen molar-refractivity contribution in [3.63, 3.8) is 0 Å². The Bertz CT molecular complexity index is 1770. The third-order valence-electron chi connectivity index (χ3n) is 9.87. The summed E-state index contributed by atoms with van der Waals surface area (Å²) in [6.45, 7) is 1.87. The van der Waals surface area contributed by atoms with Gasteiger partial charge >= 0.3 is 5.97 Å². The molecule has 0 saturated carbocycles. The van der Waals surface area contributed by atoms with Crippen molar-refractivity contribution in [3.05, 3.63) is 119 Å². The van der Waals surface area contributed by atoms with Gasteiger partial charge in [-0.1, -0.05) is 85.3 Å². The Kier molecular flexibility index (Phi) is 11.4. The lowest BCUT2D eigenvalue weighted by Crippen LogP contribution is -2.45. The van der Waals surface area contributed by atoms with Gasteiger partial charge in [0, 0.05) is 37.9 Å². The van der Waals surface area contributed by atoms with Gasteiger partial charge in [0.2, 0.25) is 11.9 Å². The molecule has 2 atom stereocenters. The topological polar surface area (TPSA) is 116 Å². The fourth-order valence-corrected chi connectivity index (χ4v) is 7.26. The molecule has 3 heterocycles. The van der Waals surface area contributed by atoms with E-state index in [4.69, 9.17) is 14.7 Å². The van der Waals surface area contributed by atoms with Gasteiger partial charge in [0.05, 0.1) is 30.8 Å². The van der Waals surface area contributed by atoms with Crippen molar-refractivity contribution in [2.75, 3.05) is 44.7 Å². The number of carboxylic acid groups (broad SMARTS) is 1. The maximum Gasteiger partial charge on any atom is 0.323 e. The van der Waals surface area contributed by atoms with Crippen molar-refractivity contribution in [2.24, 2.45) is 5.92 Å². The number of hydrogen-bond acceptors (Lipinski definition) is 7. The number of carboxylic acids is 1. The number of aliphatic carboxylic acids is 1. The van der Waals surface area contributed by atoms with E-state index in [0.717, 1.165) is 42.5 Å². The van der Waals surface area contributed by atoms with E-state index in [1.807, 2.05) is 84.9 Å². The molecule has 0 bridgehead atoms. The van der Waals surface area contributed by atoms with Crippen molar-refractivity contribution < 1.29 is 24.2 Å². The van der Waals surface area contributed by atoms with Crippen LogP contribution in [0.1, 0.15) is 52.0 Å². The van der Waals surface area contributed by atoms with E-state index in [-0.39, 0.29) is 30.8 Å². The Morgan fingerprint density at radius 2 is 1.58 bits per heavy atom. The number of amides is 2. The third kappa shape index (κ3) is 8.48. The molecule has 0 unspecified atom stereocenters. The molecule has 10 nitrogen and oxygen atoms in total. The van der Waals surface area contributed by atoms with E-state index in [1.54, 1.807) is 13.3 Å². The highest BCUT2D eigenvalue weighted by atomic mass is 16.5. The van der Waals surface area contributed by atoms with Crippen LogP contribution >= 0.6 is 0 Å². The number of fused-ring (bicyclic) bond motifs is 1. The molecule has 6 rings (SSSR count). The zero-order valence-corrected chi connectivity index (χ0v) is 28.6. The van der Waals surface area contributed by atoms with Gasteiger partial charge in [-0.25, -0.2) is 9.97 Å². The largest absolute Gasteiger partial charge is 0.496 e. The number of benzene rings is 3. The molecule has 2 aliphatic rings. The predicted octanol–water partition coefficient (Wildman–Crippen LogP) is 5.10. The van der Waals surface area contributed by atoms with E-state index in [9.17, 15) is 19.5 Å². The first-order chi connectivity index (χ1) is 24.4. The van der Waals surface area contributed by atoms with Crippen LogP contribution in [-0.4, -0.2) is 88.5 Å². The number of carbonyl (C=O) groups is 3. The minimum Gasteiger partial charge on any atom is -0.496 e. The summed E-state index contributed by atoms with van der Waals surface area (Å²) in [5, 5.41) is 9.71. The lowest BCUT2D eigenvalue weighted by Gasteiger charge is -2.30. The number of nitrogens with zero attached hydrogens (tertiary/aromatic N) is 5. The van der Waals surface area contributed by atoms with Crippen LogP contribution in [0.15, 0.2) is 91.1 Å². The maximum absolute atomic E-state index is 14.0. The van der Waals surface area contributed by atoms with Crippen LogP contribution in [0.2, 0.25) is 0 Å². The van der Waals surface area contributed by atoms with Gasteiger partial charge in [0.25, 0.3) is 5.91 Å². The summed E-state index contributed by atoms with van der Waals surface area (Å²) >= 11 is 0. The van der Waals surface area contributed by atoms with Crippen molar-refractivity contribution >= 4 is 23.7 Å². The van der Waals surface area contributed by atoms with Gasteiger partial charge < -0.3 is 24.5 Å². The zero-order valence-electron chi connectivity index (χ0n) is 28.6. The van der Waals surface area contributed by atoms with E-state index >= 15 is 0 Å². The Hall–Kier alpha value is -5.25. The first-order valence-corrected chi connectivity index (χ1v) is 17.5. The molecule has 260 valence electrons. The van der Waals surface area contributed by atoms with E-state index in [0.29, 0.717) is 55.3 Å². The number of rotatable bonds is 13. The molecule has 0 radical (unpaired) electrons. The van der Waals surface area contributed by atoms with Crippen LogP contribution in [0.5, 0.6) is 5.75 Å². The molecular weight excluding hydrogens is 630 g/mol. The van der Waals surface area contributed by atoms with Gasteiger partial charge in [-0.3, -0.25) is 14.4 Å². The smallest absolute Gasteiger partial charge is 0.323 e. The normalized spacial score (nSPS) is 17.1. The molecule has 1 aromatic heterocycles. The zero-order chi connectivity index (χ0) is 34.9. The Labute approximate surface area is 293 Å². The van der Waals surface area contributed by atoms with Crippen LogP contribution in [0, 0.1) is 5.92 Å². The predicted molar refractivity (Wildman–Crippen MR) is 191 cm³/mol. The number of hydrogen-bond donors (Lipinski definition) is 1. The van der Waals surface area contributed by atoms with Crippen molar-refractivity contribution in [3.8, 4) is 5.75 Å². The molecule has 2 aliphatic heterocycles. The average Bonchev–Trinajstić information content (AvgIpc) is 3.46. The van der Waals surface area contributed by atoms with Crippen molar-refractivity contribution in [1.29, 1.82) is 0 Å². The summed E-state index contributed by atoms with van der Waals surface area (Å²) in [4.78, 5) is 55.0. The highest BCUT2D eigenvalue weighted by molar-refractivity contribution is 5.96. The Balaban J connectivity index is 1.24. The second kappa shape index (κ2) is 16.4. The molecular formula is C40H45N5O5. The number of aromatic nitrogens is 2. The molecule has 0 aliphatic carbocycles. The quantitative estimate of drug-likeness (QED) is 0.208. The van der Waals surface area contributed by atoms with E-state index in [2.05, 4.69) is 9.80 Å². The van der Waals surface area contributed by atoms with Gasteiger partial charge in [0.1, 0.15) is 12.3 Å². The molecule has 2 amide bonds. The van der Waals surface area contributed by atoms with Crippen LogP contribution in [0.4, 0.5) is 5.95 Å². The summed E-state index contributed by atoms with van der Waals surface area (Å²) in [5.41, 5.74) is 3.93. The molecule has 2 fully saturated rings. The van der Waals surface area contributed by atoms with Gasteiger partial charge in [-0.2, -0.15) is 0 Å². The fourth-order valence-electron chi connectivity index (χ4n) is 7.26. The highest BCUT2D eigenvalue weighted by Gasteiger charge is 2.41. The molecule has 1 N–H and O–H groups in total. The molecule has 3 aromatic carbocycles. The third-order valence-corrected chi connectivity index (χ3v) is 9.87. The van der Waals surface area contributed by atoms with Crippen molar-refractivity contribution in [2.45, 2.75) is 51.0 Å². The Morgan fingerprint density at radius 1 is 0.880 bits per heavy atom. The monoisotopic (exact) mass is 675 g/mol. The Morgan fingerprint density at radius 3 is 2.30 bits per heavy atom. The molecule has 2 saturated heterocycles. The molecule has 0 spiro atoms. The van der Waals surface area contributed by atoms with E-state index in [1.165, 1.54) is 4.90 Å². The SMILES string of the molecule is COc1ccccc1CC(=O)N1CCCC[C@@H]2CN(c3ncc(C(=O)N(CCc4ccccc4)CC(=O)O)c(CCc4ccccc4)n3)C[C@H]21. The minimum atomic E-state index is -1.07. The molecule has 4 aromatic rings. The second-order valence-electron chi connectivity index (χ2n) is 13.2. The van der Waals surface area contributed by atoms with Crippen LogP contribution in [0.25, 0.3) is 0 Å². The number of ether oxygens (including phenoxy) is 1. The first kappa shape index (κ1) is 34.6. The number of aryl methyl sites for hydroxylation is 2. The van der Waals surface area contributed by atoms with E-state index < -0.39 is 18.4 Å². The minimum absolute atomic E-state index is 0.0291. The first-order valence-electron chi connectivity index (χ1n) is 17.5. The van der Waals surface area contributed by atoms with Gasteiger partial charge in [-0.05, 0) is 55.2 Å². The number of methoxy groups -OCH3 is 1. The fraction of sp³-hybridized carbons (Fsp3) is 0.375. The highest BCUT2D eigenvalue weighted by Crippen LogP contribution is 2.33. The summed E-state index contributed by atoms with van der Waals surface area (Å²) in [6, 6.07) is 27.5. The van der Waals surface area contributed by atoms with Gasteiger partial charge in [0.15, 0.2) is 0 Å². The van der Waals surface area contributed by atoms with Crippen LogP contribution in [-0.2, 0) is 35.3 Å². The second-order valence-corrected chi connectivity index (χ2v) is 13.2. The molecule has 50 heavy (non-hydrogen) atoms. The van der Waals surface area contributed by atoms with Gasteiger partial charge in [-0.15, -0.1) is 0 Å². The maximum atomic E-state index is 14.0. The number of likely N-dealkylation sites (tertiary alicyclic amines) is 1. The average molecular weight is 676 g/mol. The summed E-state index contributed by atoms with van der Waals surface area (Å²) in [7, 11) is 1.63. The van der Waals surface area contributed by atoms with Crippen LogP contribution in [0.3, 0.4) is 0 Å². The number of para-hydroxylation sites is 1.